The predicted octanol–water partition coefficient (Wildman–Crippen LogP) is 3.04. The Morgan fingerprint density at radius 2 is 2.31 bits per heavy atom. The van der Waals surface area contributed by atoms with Crippen molar-refractivity contribution in [2.45, 2.75) is 19.4 Å². The first-order chi connectivity index (χ1) is 7.86. The van der Waals surface area contributed by atoms with E-state index >= 15 is 0 Å². The standard InChI is InChI=1S/C13H16N2S/c1-11(12-4-2-7-14-10-12)15-8-6-13-5-3-9-16-13/h2-5,7,9-11,15H,6,8H2,1H3. The Balaban J connectivity index is 1.78. The van der Waals surface area contributed by atoms with E-state index < -0.39 is 0 Å². The van der Waals surface area contributed by atoms with Crippen LogP contribution >= 0.6 is 11.3 Å². The molecular weight excluding hydrogens is 216 g/mol. The maximum atomic E-state index is 4.13. The average molecular weight is 232 g/mol. The van der Waals surface area contributed by atoms with Gasteiger partial charge in [-0.05, 0) is 36.4 Å². The first-order valence-electron chi connectivity index (χ1n) is 5.52. The fourth-order valence-corrected chi connectivity index (χ4v) is 2.33. The summed E-state index contributed by atoms with van der Waals surface area (Å²) in [6.07, 6.45) is 4.83. The lowest BCUT2D eigenvalue weighted by molar-refractivity contribution is 0.577. The van der Waals surface area contributed by atoms with Gasteiger partial charge >= 0.3 is 0 Å². The van der Waals surface area contributed by atoms with E-state index in [1.54, 1.807) is 0 Å². The van der Waals surface area contributed by atoms with Crippen molar-refractivity contribution in [1.29, 1.82) is 0 Å². The van der Waals surface area contributed by atoms with Crippen LogP contribution in [0.2, 0.25) is 0 Å². The van der Waals surface area contributed by atoms with Gasteiger partial charge in [0.25, 0.3) is 0 Å². The summed E-state index contributed by atoms with van der Waals surface area (Å²) < 4.78 is 0. The van der Waals surface area contributed by atoms with Crippen LogP contribution in [0.15, 0.2) is 42.0 Å². The van der Waals surface area contributed by atoms with Crippen LogP contribution < -0.4 is 5.32 Å². The fraction of sp³-hybridized carbons (Fsp3) is 0.308. The molecule has 0 radical (unpaired) electrons. The third-order valence-corrected chi connectivity index (χ3v) is 3.52. The maximum Gasteiger partial charge on any atom is 0.0315 e. The summed E-state index contributed by atoms with van der Waals surface area (Å²) in [6.45, 7) is 3.18. The van der Waals surface area contributed by atoms with E-state index in [4.69, 9.17) is 0 Å². The highest BCUT2D eigenvalue weighted by Crippen LogP contribution is 2.11. The van der Waals surface area contributed by atoms with Gasteiger partial charge in [-0.15, -0.1) is 11.3 Å². The zero-order valence-electron chi connectivity index (χ0n) is 9.39. The lowest BCUT2D eigenvalue weighted by Gasteiger charge is -2.13. The van der Waals surface area contributed by atoms with Gasteiger partial charge in [-0.3, -0.25) is 4.98 Å². The van der Waals surface area contributed by atoms with Crippen LogP contribution in [-0.4, -0.2) is 11.5 Å². The van der Waals surface area contributed by atoms with Crippen molar-refractivity contribution >= 4 is 11.3 Å². The molecular formula is C13H16N2S. The van der Waals surface area contributed by atoms with E-state index in [-0.39, 0.29) is 0 Å². The summed E-state index contributed by atoms with van der Waals surface area (Å²) in [7, 11) is 0. The number of nitrogens with one attached hydrogen (secondary N) is 1. The highest BCUT2D eigenvalue weighted by molar-refractivity contribution is 7.09. The van der Waals surface area contributed by atoms with E-state index in [0.717, 1.165) is 13.0 Å². The molecule has 0 fully saturated rings. The zero-order chi connectivity index (χ0) is 11.2. The monoisotopic (exact) mass is 232 g/mol. The Kier molecular flexibility index (Phi) is 4.08. The van der Waals surface area contributed by atoms with E-state index in [9.17, 15) is 0 Å². The Hall–Kier alpha value is -1.19. The Morgan fingerprint density at radius 3 is 3.00 bits per heavy atom. The first-order valence-corrected chi connectivity index (χ1v) is 6.40. The molecule has 0 aliphatic heterocycles. The molecule has 2 aromatic heterocycles. The second-order valence-electron chi connectivity index (χ2n) is 3.79. The van der Waals surface area contributed by atoms with Crippen LogP contribution in [0, 0.1) is 0 Å². The number of nitrogens with zero attached hydrogens (tertiary/aromatic N) is 1. The lowest BCUT2D eigenvalue weighted by atomic mass is 10.1. The third kappa shape index (κ3) is 3.15. The van der Waals surface area contributed by atoms with Crippen LogP contribution in [0.4, 0.5) is 0 Å². The van der Waals surface area contributed by atoms with Crippen molar-refractivity contribution in [3.05, 3.63) is 52.5 Å². The minimum Gasteiger partial charge on any atom is -0.310 e. The van der Waals surface area contributed by atoms with Crippen LogP contribution in [0.25, 0.3) is 0 Å². The molecule has 2 rings (SSSR count). The molecule has 0 bridgehead atoms. The van der Waals surface area contributed by atoms with Gasteiger partial charge in [0.15, 0.2) is 0 Å². The molecule has 0 saturated heterocycles. The highest BCUT2D eigenvalue weighted by Gasteiger charge is 2.03. The Morgan fingerprint density at radius 1 is 1.38 bits per heavy atom. The van der Waals surface area contributed by atoms with Crippen LogP contribution in [-0.2, 0) is 6.42 Å². The van der Waals surface area contributed by atoms with Gasteiger partial charge in [-0.25, -0.2) is 0 Å². The van der Waals surface area contributed by atoms with Gasteiger partial charge in [0.05, 0.1) is 0 Å². The number of hydrogen-bond donors (Lipinski definition) is 1. The number of hydrogen-bond acceptors (Lipinski definition) is 3. The molecule has 1 unspecified atom stereocenters. The molecule has 2 nitrogen and oxygen atoms in total. The molecule has 2 aromatic rings. The molecule has 0 aromatic carbocycles. The third-order valence-electron chi connectivity index (χ3n) is 2.59. The largest absolute Gasteiger partial charge is 0.310 e. The number of pyridine rings is 1. The number of thiophene rings is 1. The lowest BCUT2D eigenvalue weighted by Crippen LogP contribution is -2.21. The summed E-state index contributed by atoms with van der Waals surface area (Å²) >= 11 is 1.82. The molecule has 0 saturated carbocycles. The summed E-state index contributed by atoms with van der Waals surface area (Å²) in [5.41, 5.74) is 1.24. The summed E-state index contributed by atoms with van der Waals surface area (Å²) in [6, 6.07) is 8.74. The quantitative estimate of drug-likeness (QED) is 0.857. The number of rotatable bonds is 5. The molecule has 0 spiro atoms. The Bertz CT molecular complexity index is 397. The molecule has 0 aliphatic carbocycles. The fourth-order valence-electron chi connectivity index (χ4n) is 1.62. The molecule has 0 amide bonds. The summed E-state index contributed by atoms with van der Waals surface area (Å²) in [4.78, 5) is 5.56. The van der Waals surface area contributed by atoms with E-state index in [0.29, 0.717) is 6.04 Å². The van der Waals surface area contributed by atoms with E-state index in [1.165, 1.54) is 10.4 Å². The van der Waals surface area contributed by atoms with Gasteiger partial charge in [-0.1, -0.05) is 12.1 Å². The van der Waals surface area contributed by atoms with Crippen molar-refractivity contribution in [3.63, 3.8) is 0 Å². The van der Waals surface area contributed by atoms with Crippen molar-refractivity contribution in [2.24, 2.45) is 0 Å². The van der Waals surface area contributed by atoms with Gasteiger partial charge in [0.1, 0.15) is 0 Å². The second kappa shape index (κ2) is 5.77. The van der Waals surface area contributed by atoms with E-state index in [2.05, 4.69) is 40.8 Å². The molecule has 0 aliphatic rings. The number of aromatic nitrogens is 1. The minimum absolute atomic E-state index is 0.369. The maximum absolute atomic E-state index is 4.13. The topological polar surface area (TPSA) is 24.9 Å². The average Bonchev–Trinajstić information content (AvgIpc) is 2.83. The van der Waals surface area contributed by atoms with Gasteiger partial charge in [-0.2, -0.15) is 0 Å². The van der Waals surface area contributed by atoms with Crippen LogP contribution in [0.5, 0.6) is 0 Å². The highest BCUT2D eigenvalue weighted by atomic mass is 32.1. The van der Waals surface area contributed by atoms with E-state index in [1.807, 2.05) is 29.8 Å². The Labute approximate surface area is 100 Å². The van der Waals surface area contributed by atoms with Crippen molar-refractivity contribution in [1.82, 2.24) is 10.3 Å². The van der Waals surface area contributed by atoms with Crippen LogP contribution in [0.1, 0.15) is 23.4 Å². The van der Waals surface area contributed by atoms with Gasteiger partial charge in [0.2, 0.25) is 0 Å². The summed E-state index contributed by atoms with van der Waals surface area (Å²) in [5.74, 6) is 0. The minimum atomic E-state index is 0.369. The predicted molar refractivity (Wildman–Crippen MR) is 68.7 cm³/mol. The molecule has 2 heterocycles. The second-order valence-corrected chi connectivity index (χ2v) is 4.82. The van der Waals surface area contributed by atoms with Crippen molar-refractivity contribution in [2.75, 3.05) is 6.54 Å². The summed E-state index contributed by atoms with van der Waals surface area (Å²) in [5, 5.41) is 5.63. The molecule has 1 atom stereocenters. The first kappa shape index (κ1) is 11.3. The molecule has 16 heavy (non-hydrogen) atoms. The van der Waals surface area contributed by atoms with Crippen molar-refractivity contribution < 1.29 is 0 Å². The normalized spacial score (nSPS) is 12.6. The van der Waals surface area contributed by atoms with Crippen LogP contribution in [0.3, 0.4) is 0 Å². The van der Waals surface area contributed by atoms with Gasteiger partial charge in [0, 0.05) is 29.9 Å². The SMILES string of the molecule is CC(NCCc1cccs1)c1cccnc1. The molecule has 84 valence electrons. The zero-order valence-corrected chi connectivity index (χ0v) is 10.2. The van der Waals surface area contributed by atoms with Crippen molar-refractivity contribution in [3.8, 4) is 0 Å². The smallest absolute Gasteiger partial charge is 0.0315 e. The molecule has 1 N–H and O–H groups in total. The molecule has 3 heteroatoms. The van der Waals surface area contributed by atoms with Gasteiger partial charge < -0.3 is 5.32 Å².